The van der Waals surface area contributed by atoms with Crippen molar-refractivity contribution in [1.29, 1.82) is 0 Å². The summed E-state index contributed by atoms with van der Waals surface area (Å²) in [6.07, 6.45) is 10.7. The van der Waals surface area contributed by atoms with E-state index in [0.717, 1.165) is 31.6 Å². The Morgan fingerprint density at radius 2 is 1.92 bits per heavy atom. The van der Waals surface area contributed by atoms with Crippen molar-refractivity contribution in [3.8, 4) is 0 Å². The van der Waals surface area contributed by atoms with Crippen LogP contribution in [0.15, 0.2) is 6.07 Å². The summed E-state index contributed by atoms with van der Waals surface area (Å²) in [5.41, 5.74) is 0.543. The fourth-order valence-corrected chi connectivity index (χ4v) is 4.05. The van der Waals surface area contributed by atoms with E-state index >= 15 is 0 Å². The largest absolute Gasteiger partial charge is 0.367 e. The SMILES string of the molecule is CCC1CCCCN1C(=O)c1cc(NC2CCCCC2)nc(C)n1. The number of carbonyl (C=O) groups is 1. The molecule has 1 saturated heterocycles. The fraction of sp³-hybridized carbons (Fsp3) is 0.737. The summed E-state index contributed by atoms with van der Waals surface area (Å²) < 4.78 is 0. The van der Waals surface area contributed by atoms with Gasteiger partial charge in [0.2, 0.25) is 0 Å². The van der Waals surface area contributed by atoms with E-state index < -0.39 is 0 Å². The van der Waals surface area contributed by atoms with Gasteiger partial charge in [-0.3, -0.25) is 4.79 Å². The minimum Gasteiger partial charge on any atom is -0.367 e. The van der Waals surface area contributed by atoms with Crippen molar-refractivity contribution in [2.75, 3.05) is 11.9 Å². The molecular formula is C19H30N4O. The van der Waals surface area contributed by atoms with Crippen LogP contribution in [0.1, 0.15) is 81.0 Å². The second-order valence-electron chi connectivity index (χ2n) is 7.22. The van der Waals surface area contributed by atoms with E-state index in [0.29, 0.717) is 23.6 Å². The van der Waals surface area contributed by atoms with Gasteiger partial charge in [-0.1, -0.05) is 26.2 Å². The maximum absolute atomic E-state index is 13.0. The number of rotatable bonds is 4. The van der Waals surface area contributed by atoms with Gasteiger partial charge in [0.05, 0.1) is 0 Å². The third-order valence-electron chi connectivity index (χ3n) is 5.37. The van der Waals surface area contributed by atoms with Gasteiger partial charge >= 0.3 is 0 Å². The lowest BCUT2D eigenvalue weighted by Gasteiger charge is -2.35. The first-order valence-corrected chi connectivity index (χ1v) is 9.60. The molecule has 0 radical (unpaired) electrons. The Hall–Kier alpha value is -1.65. The Kier molecular flexibility index (Phi) is 5.69. The second-order valence-corrected chi connectivity index (χ2v) is 7.22. The number of nitrogens with zero attached hydrogens (tertiary/aromatic N) is 3. The normalized spacial score (nSPS) is 22.4. The number of carbonyl (C=O) groups excluding carboxylic acids is 1. The molecule has 5 nitrogen and oxygen atoms in total. The van der Waals surface area contributed by atoms with Crippen LogP contribution in [0.4, 0.5) is 5.82 Å². The molecule has 24 heavy (non-hydrogen) atoms. The predicted octanol–water partition coefficient (Wildman–Crippen LogP) is 3.93. The molecule has 1 aliphatic heterocycles. The average molecular weight is 330 g/mol. The summed E-state index contributed by atoms with van der Waals surface area (Å²) in [4.78, 5) is 23.9. The van der Waals surface area contributed by atoms with E-state index in [2.05, 4.69) is 22.2 Å². The van der Waals surface area contributed by atoms with Crippen molar-refractivity contribution in [2.24, 2.45) is 0 Å². The molecule has 1 amide bonds. The molecule has 1 saturated carbocycles. The van der Waals surface area contributed by atoms with E-state index in [1.165, 1.54) is 38.5 Å². The molecule has 1 N–H and O–H groups in total. The highest BCUT2D eigenvalue weighted by atomic mass is 16.2. The third-order valence-corrected chi connectivity index (χ3v) is 5.37. The smallest absolute Gasteiger partial charge is 0.272 e. The van der Waals surface area contributed by atoms with Crippen molar-refractivity contribution >= 4 is 11.7 Å². The molecule has 132 valence electrons. The van der Waals surface area contributed by atoms with Crippen LogP contribution < -0.4 is 5.32 Å². The number of hydrogen-bond donors (Lipinski definition) is 1. The van der Waals surface area contributed by atoms with Crippen LogP contribution >= 0.6 is 0 Å². The lowest BCUT2D eigenvalue weighted by Crippen LogP contribution is -2.43. The topological polar surface area (TPSA) is 58.1 Å². The lowest BCUT2D eigenvalue weighted by atomic mass is 9.95. The second kappa shape index (κ2) is 7.95. The molecule has 0 bridgehead atoms. The molecule has 2 aliphatic rings. The van der Waals surface area contributed by atoms with E-state index in [4.69, 9.17) is 0 Å². The summed E-state index contributed by atoms with van der Waals surface area (Å²) in [7, 11) is 0. The number of likely N-dealkylation sites (tertiary alicyclic amines) is 1. The van der Waals surface area contributed by atoms with Crippen LogP contribution in [0, 0.1) is 6.92 Å². The average Bonchev–Trinajstić information content (AvgIpc) is 2.61. The minimum absolute atomic E-state index is 0.0683. The van der Waals surface area contributed by atoms with Gasteiger partial charge in [0, 0.05) is 24.7 Å². The lowest BCUT2D eigenvalue weighted by molar-refractivity contribution is 0.0601. The minimum atomic E-state index is 0.0683. The molecule has 1 aliphatic carbocycles. The molecule has 2 fully saturated rings. The molecule has 5 heteroatoms. The van der Waals surface area contributed by atoms with E-state index in [1.807, 2.05) is 17.9 Å². The van der Waals surface area contributed by atoms with Gasteiger partial charge in [-0.25, -0.2) is 9.97 Å². The van der Waals surface area contributed by atoms with Crippen molar-refractivity contribution in [1.82, 2.24) is 14.9 Å². The molecule has 3 rings (SSSR count). The zero-order valence-electron chi connectivity index (χ0n) is 15.1. The molecule has 2 heterocycles. The van der Waals surface area contributed by atoms with E-state index in [1.54, 1.807) is 0 Å². The molecule has 1 aromatic rings. The maximum atomic E-state index is 13.0. The number of nitrogens with one attached hydrogen (secondary N) is 1. The Bertz CT molecular complexity index is 568. The van der Waals surface area contributed by atoms with Crippen molar-refractivity contribution in [2.45, 2.75) is 83.7 Å². The Balaban J connectivity index is 1.75. The molecule has 1 aromatic heterocycles. The van der Waals surface area contributed by atoms with Crippen LogP contribution in [0.25, 0.3) is 0 Å². The summed E-state index contributed by atoms with van der Waals surface area (Å²) >= 11 is 0. The number of aryl methyl sites for hydroxylation is 1. The maximum Gasteiger partial charge on any atom is 0.272 e. The predicted molar refractivity (Wildman–Crippen MR) is 96.2 cm³/mol. The zero-order chi connectivity index (χ0) is 16.9. The third kappa shape index (κ3) is 4.05. The molecular weight excluding hydrogens is 300 g/mol. The van der Waals surface area contributed by atoms with Gasteiger partial charge in [0.15, 0.2) is 0 Å². The Morgan fingerprint density at radius 3 is 2.67 bits per heavy atom. The summed E-state index contributed by atoms with van der Waals surface area (Å²) in [5.74, 6) is 1.55. The zero-order valence-corrected chi connectivity index (χ0v) is 15.1. The molecule has 0 aromatic carbocycles. The first kappa shape index (κ1) is 17.2. The van der Waals surface area contributed by atoms with Crippen LogP contribution in [0.2, 0.25) is 0 Å². The number of anilines is 1. The quantitative estimate of drug-likeness (QED) is 0.908. The highest BCUT2D eigenvalue weighted by Gasteiger charge is 2.27. The monoisotopic (exact) mass is 330 g/mol. The van der Waals surface area contributed by atoms with Crippen LogP contribution in [-0.2, 0) is 0 Å². The van der Waals surface area contributed by atoms with Gasteiger partial charge in [-0.05, 0) is 45.4 Å². The first-order chi connectivity index (χ1) is 11.7. The highest BCUT2D eigenvalue weighted by molar-refractivity contribution is 5.93. The number of amides is 1. The summed E-state index contributed by atoms with van der Waals surface area (Å²) in [6, 6.07) is 2.69. The van der Waals surface area contributed by atoms with Crippen molar-refractivity contribution < 1.29 is 4.79 Å². The number of piperidine rings is 1. The molecule has 1 unspecified atom stereocenters. The Morgan fingerprint density at radius 1 is 1.17 bits per heavy atom. The molecule has 1 atom stereocenters. The van der Waals surface area contributed by atoms with Crippen molar-refractivity contribution in [3.63, 3.8) is 0 Å². The summed E-state index contributed by atoms with van der Waals surface area (Å²) in [6.45, 7) is 4.89. The van der Waals surface area contributed by atoms with Gasteiger partial charge in [-0.15, -0.1) is 0 Å². The van der Waals surface area contributed by atoms with Crippen molar-refractivity contribution in [3.05, 3.63) is 17.6 Å². The number of aromatic nitrogens is 2. The van der Waals surface area contributed by atoms with E-state index in [9.17, 15) is 4.79 Å². The van der Waals surface area contributed by atoms with Gasteiger partial charge in [-0.2, -0.15) is 0 Å². The van der Waals surface area contributed by atoms with E-state index in [-0.39, 0.29) is 5.91 Å². The van der Waals surface area contributed by atoms with Crippen LogP contribution in [-0.4, -0.2) is 39.4 Å². The van der Waals surface area contributed by atoms with Gasteiger partial charge in [0.25, 0.3) is 5.91 Å². The summed E-state index contributed by atoms with van der Waals surface area (Å²) in [5, 5.41) is 3.52. The van der Waals surface area contributed by atoms with Crippen LogP contribution in [0.3, 0.4) is 0 Å². The fourth-order valence-electron chi connectivity index (χ4n) is 4.05. The highest BCUT2D eigenvalue weighted by Crippen LogP contribution is 2.24. The van der Waals surface area contributed by atoms with Gasteiger partial charge in [0.1, 0.15) is 17.3 Å². The molecule has 0 spiro atoms. The standard InChI is InChI=1S/C19H30N4O/c1-3-16-11-7-8-12-23(16)19(24)17-13-18(21-14(2)20-17)22-15-9-5-4-6-10-15/h13,15-16H,3-12H2,1-2H3,(H,20,21,22). The number of hydrogen-bond acceptors (Lipinski definition) is 4. The first-order valence-electron chi connectivity index (χ1n) is 9.60. The van der Waals surface area contributed by atoms with Crippen LogP contribution in [0.5, 0.6) is 0 Å². The van der Waals surface area contributed by atoms with Gasteiger partial charge < -0.3 is 10.2 Å². The Labute approximate surface area is 145 Å².